The molecule has 21 heavy (non-hydrogen) atoms. The molecule has 3 nitrogen and oxygen atoms in total. The molecule has 0 saturated heterocycles. The van der Waals surface area contributed by atoms with Crippen LogP contribution in [0.5, 0.6) is 11.5 Å². The first kappa shape index (κ1) is 15.6. The fourth-order valence-corrected chi connectivity index (χ4v) is 2.16. The van der Waals surface area contributed by atoms with E-state index in [2.05, 4.69) is 0 Å². The molecule has 0 bridgehead atoms. The number of halogens is 1. The van der Waals surface area contributed by atoms with E-state index < -0.39 is 0 Å². The van der Waals surface area contributed by atoms with Crippen LogP contribution in [0, 0.1) is 6.92 Å². The Morgan fingerprint density at radius 2 is 1.76 bits per heavy atom. The molecule has 110 valence electrons. The molecule has 0 amide bonds. The summed E-state index contributed by atoms with van der Waals surface area (Å²) in [7, 11) is 0. The van der Waals surface area contributed by atoms with Gasteiger partial charge in [-0.3, -0.25) is 0 Å². The highest BCUT2D eigenvalue weighted by atomic mass is 35.5. The zero-order valence-corrected chi connectivity index (χ0v) is 13.2. The molecular weight excluding hydrogens is 306 g/mol. The van der Waals surface area contributed by atoms with Crippen LogP contribution >= 0.6 is 23.8 Å². The van der Waals surface area contributed by atoms with Crippen molar-refractivity contribution < 1.29 is 9.47 Å². The number of thiocarbonyl (C=S) groups is 1. The van der Waals surface area contributed by atoms with Crippen LogP contribution in [0.4, 0.5) is 0 Å². The Kier molecular flexibility index (Phi) is 5.42. The smallest absolute Gasteiger partial charge is 0.129 e. The number of aryl methyl sites for hydroxylation is 1. The highest BCUT2D eigenvalue weighted by Crippen LogP contribution is 2.22. The van der Waals surface area contributed by atoms with E-state index in [1.165, 1.54) is 0 Å². The number of para-hydroxylation sites is 1. The van der Waals surface area contributed by atoms with Gasteiger partial charge >= 0.3 is 0 Å². The second-order valence-electron chi connectivity index (χ2n) is 4.47. The van der Waals surface area contributed by atoms with E-state index in [4.69, 9.17) is 39.0 Å². The molecular formula is C16H16ClNO2S. The van der Waals surface area contributed by atoms with Gasteiger partial charge in [-0.1, -0.05) is 42.0 Å². The van der Waals surface area contributed by atoms with Gasteiger partial charge in [0.2, 0.25) is 0 Å². The second-order valence-corrected chi connectivity index (χ2v) is 5.34. The molecule has 0 saturated carbocycles. The van der Waals surface area contributed by atoms with Crippen LogP contribution in [0.1, 0.15) is 11.1 Å². The second kappa shape index (κ2) is 7.29. The lowest BCUT2D eigenvalue weighted by atomic mass is 10.2. The first-order valence-electron chi connectivity index (χ1n) is 6.48. The van der Waals surface area contributed by atoms with Crippen molar-refractivity contribution in [2.75, 3.05) is 13.2 Å². The molecule has 0 aromatic heterocycles. The van der Waals surface area contributed by atoms with Crippen molar-refractivity contribution in [3.63, 3.8) is 0 Å². The van der Waals surface area contributed by atoms with Crippen LogP contribution in [-0.2, 0) is 0 Å². The minimum Gasteiger partial charge on any atom is -0.490 e. The van der Waals surface area contributed by atoms with Crippen LogP contribution in [0.15, 0.2) is 42.5 Å². The van der Waals surface area contributed by atoms with Crippen molar-refractivity contribution in [2.45, 2.75) is 6.92 Å². The summed E-state index contributed by atoms with van der Waals surface area (Å²) in [5.74, 6) is 1.42. The Balaban J connectivity index is 1.91. The summed E-state index contributed by atoms with van der Waals surface area (Å²) in [5, 5.41) is 0.648. The summed E-state index contributed by atoms with van der Waals surface area (Å²) in [6.45, 7) is 2.77. The molecule has 2 aromatic carbocycles. The van der Waals surface area contributed by atoms with Gasteiger partial charge < -0.3 is 15.2 Å². The highest BCUT2D eigenvalue weighted by Gasteiger charge is 2.05. The van der Waals surface area contributed by atoms with E-state index in [9.17, 15) is 0 Å². The third-order valence-corrected chi connectivity index (χ3v) is 3.36. The lowest BCUT2D eigenvalue weighted by Crippen LogP contribution is -2.14. The summed E-state index contributed by atoms with van der Waals surface area (Å²) in [4.78, 5) is 0.317. The lowest BCUT2D eigenvalue weighted by molar-refractivity contribution is 0.216. The summed E-state index contributed by atoms with van der Waals surface area (Å²) in [6.07, 6.45) is 0. The van der Waals surface area contributed by atoms with E-state index >= 15 is 0 Å². The van der Waals surface area contributed by atoms with Crippen molar-refractivity contribution >= 4 is 28.8 Å². The maximum Gasteiger partial charge on any atom is 0.129 e. The summed E-state index contributed by atoms with van der Waals surface area (Å²) >= 11 is 10.9. The third-order valence-electron chi connectivity index (χ3n) is 2.90. The van der Waals surface area contributed by atoms with E-state index in [0.29, 0.717) is 29.0 Å². The molecule has 0 atom stereocenters. The quantitative estimate of drug-likeness (QED) is 0.650. The van der Waals surface area contributed by atoms with E-state index in [-0.39, 0.29) is 0 Å². The van der Waals surface area contributed by atoms with Crippen LogP contribution in [0.3, 0.4) is 0 Å². The Hall–Kier alpha value is -1.78. The van der Waals surface area contributed by atoms with Crippen molar-refractivity contribution in [1.82, 2.24) is 0 Å². The Labute approximate surface area is 134 Å². The average Bonchev–Trinajstić information content (AvgIpc) is 2.47. The predicted octanol–water partition coefficient (Wildman–Crippen LogP) is 3.74. The first-order valence-corrected chi connectivity index (χ1v) is 7.27. The van der Waals surface area contributed by atoms with Gasteiger partial charge in [0.05, 0.1) is 5.56 Å². The number of nitrogens with two attached hydrogens (primary N) is 1. The van der Waals surface area contributed by atoms with Crippen LogP contribution < -0.4 is 15.2 Å². The van der Waals surface area contributed by atoms with Gasteiger partial charge in [-0.05, 0) is 36.8 Å². The normalized spacial score (nSPS) is 10.2. The molecule has 0 fully saturated rings. The lowest BCUT2D eigenvalue weighted by Gasteiger charge is -2.12. The molecule has 0 unspecified atom stereocenters. The van der Waals surface area contributed by atoms with Gasteiger partial charge in [0, 0.05) is 5.02 Å². The highest BCUT2D eigenvalue weighted by molar-refractivity contribution is 7.80. The fraction of sp³-hybridized carbons (Fsp3) is 0.188. The molecule has 2 rings (SSSR count). The van der Waals surface area contributed by atoms with Gasteiger partial charge in [-0.2, -0.15) is 0 Å². The maximum atomic E-state index is 5.94. The largest absolute Gasteiger partial charge is 0.490 e. The molecule has 2 N–H and O–H groups in total. The monoisotopic (exact) mass is 321 g/mol. The van der Waals surface area contributed by atoms with Gasteiger partial charge in [0.1, 0.15) is 29.7 Å². The minimum absolute atomic E-state index is 0.317. The number of rotatable bonds is 6. The number of ether oxygens (including phenoxy) is 2. The van der Waals surface area contributed by atoms with Crippen LogP contribution in [-0.4, -0.2) is 18.2 Å². The predicted molar refractivity (Wildman–Crippen MR) is 89.5 cm³/mol. The van der Waals surface area contributed by atoms with Gasteiger partial charge in [0.25, 0.3) is 0 Å². The van der Waals surface area contributed by atoms with Crippen molar-refractivity contribution in [3.8, 4) is 11.5 Å². The van der Waals surface area contributed by atoms with E-state index in [1.807, 2.05) is 43.3 Å². The third kappa shape index (κ3) is 4.34. The maximum absolute atomic E-state index is 5.94. The molecule has 0 aliphatic heterocycles. The molecule has 0 spiro atoms. The van der Waals surface area contributed by atoms with Crippen molar-refractivity contribution in [2.24, 2.45) is 5.73 Å². The molecule has 0 aliphatic rings. The molecule has 5 heteroatoms. The molecule has 0 heterocycles. The Morgan fingerprint density at radius 3 is 2.48 bits per heavy atom. The number of benzene rings is 2. The minimum atomic E-state index is 0.317. The Bertz CT molecular complexity index is 646. The zero-order valence-electron chi connectivity index (χ0n) is 11.6. The Morgan fingerprint density at radius 1 is 1.10 bits per heavy atom. The van der Waals surface area contributed by atoms with Gasteiger partial charge in [-0.25, -0.2) is 0 Å². The van der Waals surface area contributed by atoms with Crippen LogP contribution in [0.25, 0.3) is 0 Å². The molecule has 0 aliphatic carbocycles. The molecule has 2 aromatic rings. The summed E-state index contributed by atoms with van der Waals surface area (Å²) in [5.41, 5.74) is 7.41. The van der Waals surface area contributed by atoms with Crippen LogP contribution in [0.2, 0.25) is 5.02 Å². The summed E-state index contributed by atoms with van der Waals surface area (Å²) < 4.78 is 11.3. The van der Waals surface area contributed by atoms with Gasteiger partial charge in [0.15, 0.2) is 0 Å². The van der Waals surface area contributed by atoms with Gasteiger partial charge in [-0.15, -0.1) is 0 Å². The topological polar surface area (TPSA) is 44.5 Å². The van der Waals surface area contributed by atoms with E-state index in [1.54, 1.807) is 6.07 Å². The first-order chi connectivity index (χ1) is 10.1. The van der Waals surface area contributed by atoms with Crippen molar-refractivity contribution in [3.05, 3.63) is 58.6 Å². The van der Waals surface area contributed by atoms with Crippen molar-refractivity contribution in [1.29, 1.82) is 0 Å². The number of hydrogen-bond acceptors (Lipinski definition) is 3. The fourth-order valence-electron chi connectivity index (χ4n) is 1.83. The summed E-state index contributed by atoms with van der Waals surface area (Å²) in [6, 6.07) is 12.9. The van der Waals surface area contributed by atoms with E-state index in [0.717, 1.165) is 16.9 Å². The molecule has 0 radical (unpaired) electrons. The average molecular weight is 322 g/mol. The standard InChI is InChI=1S/C16H16ClNO2S/c1-11-6-7-12(17)10-15(11)20-9-8-19-14-5-3-2-4-13(14)16(18)21/h2-7,10H,8-9H2,1H3,(H2,18,21). The number of hydrogen-bond donors (Lipinski definition) is 1. The zero-order chi connectivity index (χ0) is 15.2. The SMILES string of the molecule is Cc1ccc(Cl)cc1OCCOc1ccccc1C(N)=S.